The van der Waals surface area contributed by atoms with Gasteiger partial charge in [0.25, 0.3) is 5.91 Å². The van der Waals surface area contributed by atoms with E-state index in [-0.39, 0.29) is 23.4 Å². The van der Waals surface area contributed by atoms with Crippen molar-refractivity contribution in [2.45, 2.75) is 18.9 Å². The number of nitrogens with one attached hydrogen (secondary N) is 1. The van der Waals surface area contributed by atoms with Crippen LogP contribution in [0, 0.1) is 11.3 Å². The van der Waals surface area contributed by atoms with Gasteiger partial charge in [-0.25, -0.2) is 4.98 Å². The van der Waals surface area contributed by atoms with Crippen LogP contribution in [0.5, 0.6) is 5.75 Å². The van der Waals surface area contributed by atoms with Crippen molar-refractivity contribution in [1.82, 2.24) is 10.3 Å². The number of carbonyl (C=O) groups excluding carboxylic acids is 1. The zero-order valence-electron chi connectivity index (χ0n) is 16.1. The predicted octanol–water partition coefficient (Wildman–Crippen LogP) is 3.69. The Hall–Kier alpha value is -3.43. The largest absolute Gasteiger partial charge is 0.497 e. The van der Waals surface area contributed by atoms with Crippen LogP contribution in [0.4, 0.5) is 0 Å². The van der Waals surface area contributed by atoms with Crippen LogP contribution in [-0.2, 0) is 4.74 Å². The molecular formula is C23H21N3O3. The molecule has 2 aromatic carbocycles. The minimum absolute atomic E-state index is 0.0318. The maximum absolute atomic E-state index is 12.9. The molecule has 1 unspecified atom stereocenters. The van der Waals surface area contributed by atoms with Crippen LogP contribution < -0.4 is 10.1 Å². The summed E-state index contributed by atoms with van der Waals surface area (Å²) in [6.45, 7) is 1.16. The predicted molar refractivity (Wildman–Crippen MR) is 110 cm³/mol. The summed E-state index contributed by atoms with van der Waals surface area (Å²) in [7, 11) is 1.59. The second-order valence-corrected chi connectivity index (χ2v) is 6.92. The molecule has 0 aliphatic carbocycles. The first kappa shape index (κ1) is 18.9. The number of hydrogen-bond acceptors (Lipinski definition) is 5. The first-order valence-corrected chi connectivity index (χ1v) is 9.58. The van der Waals surface area contributed by atoms with Gasteiger partial charge in [-0.05, 0) is 42.0 Å². The SMILES string of the molecule is COc1ccc2c(C(=O)NCC3CCCO3)nc(C#N)c(-c3ccccc3)c2c1. The van der Waals surface area contributed by atoms with Gasteiger partial charge < -0.3 is 14.8 Å². The topological polar surface area (TPSA) is 84.2 Å². The molecule has 6 heteroatoms. The maximum atomic E-state index is 12.9. The van der Waals surface area contributed by atoms with Crippen LogP contribution in [0.25, 0.3) is 21.9 Å². The van der Waals surface area contributed by atoms with Crippen LogP contribution in [0.15, 0.2) is 48.5 Å². The molecule has 3 aromatic rings. The maximum Gasteiger partial charge on any atom is 0.270 e. The summed E-state index contributed by atoms with van der Waals surface area (Å²) in [4.78, 5) is 17.4. The molecule has 4 rings (SSSR count). The molecule has 1 aromatic heterocycles. The summed E-state index contributed by atoms with van der Waals surface area (Å²) < 4.78 is 11.0. The molecule has 0 radical (unpaired) electrons. The van der Waals surface area contributed by atoms with Crippen LogP contribution >= 0.6 is 0 Å². The summed E-state index contributed by atoms with van der Waals surface area (Å²) in [6.07, 6.45) is 1.97. The molecule has 146 valence electrons. The minimum atomic E-state index is -0.313. The first-order valence-electron chi connectivity index (χ1n) is 9.58. The Labute approximate surface area is 169 Å². The van der Waals surface area contributed by atoms with Gasteiger partial charge >= 0.3 is 0 Å². The number of pyridine rings is 1. The number of methoxy groups -OCH3 is 1. The molecule has 1 aliphatic heterocycles. The molecule has 1 aliphatic rings. The van der Waals surface area contributed by atoms with E-state index in [1.165, 1.54) is 0 Å². The molecule has 1 fully saturated rings. The van der Waals surface area contributed by atoms with E-state index in [4.69, 9.17) is 9.47 Å². The molecule has 1 atom stereocenters. The van der Waals surface area contributed by atoms with Crippen LogP contribution in [0.1, 0.15) is 29.0 Å². The summed E-state index contributed by atoms with van der Waals surface area (Å²) in [5, 5.41) is 14.1. The van der Waals surface area contributed by atoms with Crippen LogP contribution in [0.2, 0.25) is 0 Å². The first-order chi connectivity index (χ1) is 14.2. The number of ether oxygens (including phenoxy) is 2. The molecular weight excluding hydrogens is 366 g/mol. The van der Waals surface area contributed by atoms with Gasteiger partial charge in [-0.2, -0.15) is 5.26 Å². The molecule has 2 heterocycles. The summed E-state index contributed by atoms with van der Waals surface area (Å²) in [6, 6.07) is 17.2. The lowest BCUT2D eigenvalue weighted by Gasteiger charge is -2.15. The highest BCUT2D eigenvalue weighted by molar-refractivity contribution is 6.10. The molecule has 6 nitrogen and oxygen atoms in total. The average molecular weight is 387 g/mol. The van der Waals surface area contributed by atoms with Crippen molar-refractivity contribution in [3.8, 4) is 22.9 Å². The van der Waals surface area contributed by atoms with Crippen LogP contribution in [-0.4, -0.2) is 37.3 Å². The Balaban J connectivity index is 1.83. The molecule has 0 bridgehead atoms. The third-order valence-electron chi connectivity index (χ3n) is 5.11. The van der Waals surface area contributed by atoms with Gasteiger partial charge in [-0.3, -0.25) is 4.79 Å². The van der Waals surface area contributed by atoms with E-state index in [0.29, 0.717) is 23.2 Å². The molecule has 0 saturated carbocycles. The third kappa shape index (κ3) is 3.78. The van der Waals surface area contributed by atoms with Gasteiger partial charge in [0.15, 0.2) is 0 Å². The highest BCUT2D eigenvalue weighted by Gasteiger charge is 2.22. The van der Waals surface area contributed by atoms with Crippen LogP contribution in [0.3, 0.4) is 0 Å². The van der Waals surface area contributed by atoms with E-state index in [9.17, 15) is 10.1 Å². The molecule has 1 N–H and O–H groups in total. The van der Waals surface area contributed by atoms with Gasteiger partial charge in [-0.15, -0.1) is 0 Å². The number of amides is 1. The summed E-state index contributed by atoms with van der Waals surface area (Å²) >= 11 is 0. The molecule has 0 spiro atoms. The Morgan fingerprint density at radius 2 is 2.10 bits per heavy atom. The van der Waals surface area contributed by atoms with E-state index in [0.717, 1.165) is 30.4 Å². The van der Waals surface area contributed by atoms with Crippen molar-refractivity contribution in [3.05, 3.63) is 59.9 Å². The van der Waals surface area contributed by atoms with E-state index < -0.39 is 0 Å². The van der Waals surface area contributed by atoms with Crippen molar-refractivity contribution < 1.29 is 14.3 Å². The lowest BCUT2D eigenvalue weighted by molar-refractivity contribution is 0.0855. The number of rotatable bonds is 5. The lowest BCUT2D eigenvalue weighted by atomic mass is 9.95. The number of fused-ring (bicyclic) bond motifs is 1. The summed E-state index contributed by atoms with van der Waals surface area (Å²) in [5.74, 6) is 0.335. The summed E-state index contributed by atoms with van der Waals surface area (Å²) in [5.41, 5.74) is 2.00. The molecule has 1 saturated heterocycles. The molecule has 29 heavy (non-hydrogen) atoms. The fourth-order valence-corrected chi connectivity index (χ4v) is 3.67. The van der Waals surface area contributed by atoms with Gasteiger partial charge in [-0.1, -0.05) is 30.3 Å². The van der Waals surface area contributed by atoms with E-state index >= 15 is 0 Å². The number of nitriles is 1. The number of benzene rings is 2. The second-order valence-electron chi connectivity index (χ2n) is 6.92. The van der Waals surface area contributed by atoms with Gasteiger partial charge in [0.05, 0.1) is 13.2 Å². The average Bonchev–Trinajstić information content (AvgIpc) is 3.30. The van der Waals surface area contributed by atoms with Crippen molar-refractivity contribution in [3.63, 3.8) is 0 Å². The highest BCUT2D eigenvalue weighted by Crippen LogP contribution is 2.34. The van der Waals surface area contributed by atoms with E-state index in [1.807, 2.05) is 42.5 Å². The van der Waals surface area contributed by atoms with E-state index in [1.54, 1.807) is 13.2 Å². The number of aromatic nitrogens is 1. The number of carbonyl (C=O) groups is 1. The lowest BCUT2D eigenvalue weighted by Crippen LogP contribution is -2.32. The monoisotopic (exact) mass is 387 g/mol. The fraction of sp³-hybridized carbons (Fsp3) is 0.261. The molecule has 1 amide bonds. The Bertz CT molecular complexity index is 1080. The normalized spacial score (nSPS) is 15.8. The number of nitrogens with zero attached hydrogens (tertiary/aromatic N) is 2. The smallest absolute Gasteiger partial charge is 0.270 e. The standard InChI is InChI=1S/C23H21N3O3/c1-28-16-9-10-18-19(12-16)21(15-6-3-2-4-7-15)20(13-24)26-22(18)23(27)25-14-17-8-5-11-29-17/h2-4,6-7,9-10,12,17H,5,8,11,14H2,1H3,(H,25,27). The van der Waals surface area contributed by atoms with Gasteiger partial charge in [0.2, 0.25) is 0 Å². The van der Waals surface area contributed by atoms with Gasteiger partial charge in [0, 0.05) is 24.1 Å². The minimum Gasteiger partial charge on any atom is -0.497 e. The Morgan fingerprint density at radius 1 is 1.28 bits per heavy atom. The zero-order valence-corrected chi connectivity index (χ0v) is 16.1. The van der Waals surface area contributed by atoms with Crippen molar-refractivity contribution in [1.29, 1.82) is 5.26 Å². The zero-order chi connectivity index (χ0) is 20.2. The quantitative estimate of drug-likeness (QED) is 0.722. The Kier molecular flexibility index (Phi) is 5.41. The van der Waals surface area contributed by atoms with Crippen molar-refractivity contribution in [2.75, 3.05) is 20.3 Å². The van der Waals surface area contributed by atoms with Crippen molar-refractivity contribution >= 4 is 16.7 Å². The van der Waals surface area contributed by atoms with Crippen molar-refractivity contribution in [2.24, 2.45) is 0 Å². The number of hydrogen-bond donors (Lipinski definition) is 1. The highest BCUT2D eigenvalue weighted by atomic mass is 16.5. The fourth-order valence-electron chi connectivity index (χ4n) is 3.67. The van der Waals surface area contributed by atoms with Gasteiger partial charge in [0.1, 0.15) is 23.2 Å². The Morgan fingerprint density at radius 3 is 2.79 bits per heavy atom. The second kappa shape index (κ2) is 8.29. The van der Waals surface area contributed by atoms with E-state index in [2.05, 4.69) is 16.4 Å². The third-order valence-corrected chi connectivity index (χ3v) is 5.11.